The van der Waals surface area contributed by atoms with E-state index in [1.54, 1.807) is 6.07 Å². The van der Waals surface area contributed by atoms with Crippen molar-refractivity contribution in [2.75, 3.05) is 0 Å². The van der Waals surface area contributed by atoms with Gasteiger partial charge in [0.25, 0.3) is 0 Å². The van der Waals surface area contributed by atoms with E-state index in [2.05, 4.69) is 0 Å². The van der Waals surface area contributed by atoms with Gasteiger partial charge >= 0.3 is 0 Å². The summed E-state index contributed by atoms with van der Waals surface area (Å²) in [6, 6.07) is 5.61. The van der Waals surface area contributed by atoms with Crippen LogP contribution in [0.2, 0.25) is 0 Å². The van der Waals surface area contributed by atoms with E-state index in [0.29, 0.717) is 11.7 Å². The molecule has 0 radical (unpaired) electrons. The van der Waals surface area contributed by atoms with Gasteiger partial charge in [0.1, 0.15) is 11.9 Å². The zero-order valence-corrected chi connectivity index (χ0v) is 12.8. The van der Waals surface area contributed by atoms with Crippen LogP contribution in [0.5, 0.6) is 5.75 Å². The van der Waals surface area contributed by atoms with Crippen LogP contribution in [-0.4, -0.2) is 38.7 Å². The molecule has 1 aromatic carbocycles. The Bertz CT molecular complexity index is 601. The monoisotopic (exact) mass is 304 g/mol. The first-order chi connectivity index (χ1) is 10.4. The van der Waals surface area contributed by atoms with Crippen LogP contribution in [0.1, 0.15) is 43.2 Å². The quantitative estimate of drug-likeness (QED) is 0.586. The molecule has 0 aromatic heterocycles. The molecule has 0 amide bonds. The van der Waals surface area contributed by atoms with Crippen molar-refractivity contribution in [1.29, 1.82) is 0 Å². The van der Waals surface area contributed by atoms with Crippen molar-refractivity contribution in [2.24, 2.45) is 17.3 Å². The van der Waals surface area contributed by atoms with Crippen LogP contribution in [0, 0.1) is 17.3 Å². The average molecular weight is 304 g/mol. The third kappa shape index (κ3) is 1.75. The van der Waals surface area contributed by atoms with Crippen molar-refractivity contribution < 1.29 is 20.4 Å². The molecule has 2 fully saturated rings. The van der Waals surface area contributed by atoms with Gasteiger partial charge in [-0.1, -0.05) is 13.0 Å². The molecule has 0 unspecified atom stereocenters. The Kier molecular flexibility index (Phi) is 3.09. The first-order valence-electron chi connectivity index (χ1n) is 8.29. The van der Waals surface area contributed by atoms with Crippen molar-refractivity contribution in [3.05, 3.63) is 29.3 Å². The lowest BCUT2D eigenvalue weighted by Crippen LogP contribution is -2.46. The van der Waals surface area contributed by atoms with E-state index < -0.39 is 23.7 Å². The van der Waals surface area contributed by atoms with Crippen LogP contribution in [-0.2, 0) is 6.42 Å². The normalized spacial score (nSPS) is 46.7. The maximum absolute atomic E-state index is 10.5. The standard InChI is InChI=1S/C18H24O4/c1-18-7-6-12-11-5-3-10(19)8-9(11)2-4-13(12)14(18)15(20)16(21)17(18)22/h3,5,8,12-17,19-22H,2,4,6-7H2,1H3/t12-,13+,14-,15-,16+,17-,18-/m0/s1. The molecule has 0 spiro atoms. The molecule has 2 saturated carbocycles. The summed E-state index contributed by atoms with van der Waals surface area (Å²) in [5.74, 6) is 0.898. The summed E-state index contributed by atoms with van der Waals surface area (Å²) in [6.07, 6.45) is 0.894. The molecular weight excluding hydrogens is 280 g/mol. The maximum atomic E-state index is 10.5. The number of phenolic OH excluding ortho intramolecular Hbond substituents is 1. The molecule has 22 heavy (non-hydrogen) atoms. The Balaban J connectivity index is 1.74. The molecule has 4 heteroatoms. The summed E-state index contributed by atoms with van der Waals surface area (Å²) < 4.78 is 0. The van der Waals surface area contributed by atoms with Gasteiger partial charge in [-0.2, -0.15) is 0 Å². The first kappa shape index (κ1) is 14.5. The van der Waals surface area contributed by atoms with Gasteiger partial charge in [0.15, 0.2) is 0 Å². The maximum Gasteiger partial charge on any atom is 0.115 e. The predicted octanol–water partition coefficient (Wildman–Crippen LogP) is 1.55. The highest BCUT2D eigenvalue weighted by atomic mass is 16.4. The lowest BCUT2D eigenvalue weighted by atomic mass is 9.55. The van der Waals surface area contributed by atoms with Crippen LogP contribution in [0.15, 0.2) is 18.2 Å². The molecule has 4 rings (SSSR count). The number of hydrogen-bond donors (Lipinski definition) is 4. The van der Waals surface area contributed by atoms with E-state index >= 15 is 0 Å². The third-order valence-electron chi connectivity index (χ3n) is 6.72. The van der Waals surface area contributed by atoms with Crippen LogP contribution in [0.4, 0.5) is 0 Å². The fraction of sp³-hybridized carbons (Fsp3) is 0.667. The van der Waals surface area contributed by atoms with Crippen molar-refractivity contribution in [1.82, 2.24) is 0 Å². The second-order valence-corrected chi connectivity index (χ2v) is 7.69. The van der Waals surface area contributed by atoms with E-state index in [9.17, 15) is 20.4 Å². The fourth-order valence-electron chi connectivity index (χ4n) is 5.62. The minimum atomic E-state index is -1.03. The minimum Gasteiger partial charge on any atom is -0.508 e. The Morgan fingerprint density at radius 1 is 1.09 bits per heavy atom. The highest BCUT2D eigenvalue weighted by Gasteiger charge is 2.62. The highest BCUT2D eigenvalue weighted by molar-refractivity contribution is 5.40. The molecule has 120 valence electrons. The molecule has 0 saturated heterocycles. The number of benzene rings is 1. The molecule has 3 aliphatic rings. The highest BCUT2D eigenvalue weighted by Crippen LogP contribution is 2.60. The average Bonchev–Trinajstić information content (AvgIpc) is 2.68. The van der Waals surface area contributed by atoms with E-state index in [-0.39, 0.29) is 11.8 Å². The van der Waals surface area contributed by atoms with Crippen LogP contribution < -0.4 is 0 Å². The molecule has 7 atom stereocenters. The molecule has 1 aromatic rings. The van der Waals surface area contributed by atoms with Gasteiger partial charge in [-0.3, -0.25) is 0 Å². The van der Waals surface area contributed by atoms with Gasteiger partial charge in [0.05, 0.1) is 12.2 Å². The molecule has 4 N–H and O–H groups in total. The molecular formula is C18H24O4. The summed E-state index contributed by atoms with van der Waals surface area (Å²) >= 11 is 0. The Morgan fingerprint density at radius 3 is 2.64 bits per heavy atom. The SMILES string of the molecule is C[C@]12CC[C@H]3c4ccc(O)cc4CC[C@H]3[C@H]1[C@H](O)[C@@H](O)[C@@H]2O. The van der Waals surface area contributed by atoms with Gasteiger partial charge in [0.2, 0.25) is 0 Å². The molecule has 4 nitrogen and oxygen atoms in total. The van der Waals surface area contributed by atoms with Gasteiger partial charge < -0.3 is 20.4 Å². The smallest absolute Gasteiger partial charge is 0.115 e. The van der Waals surface area contributed by atoms with Gasteiger partial charge in [-0.05, 0) is 66.7 Å². The van der Waals surface area contributed by atoms with E-state index in [4.69, 9.17) is 0 Å². The van der Waals surface area contributed by atoms with Crippen molar-refractivity contribution in [3.63, 3.8) is 0 Å². The number of aromatic hydroxyl groups is 1. The fourth-order valence-corrected chi connectivity index (χ4v) is 5.62. The van der Waals surface area contributed by atoms with E-state index in [1.165, 1.54) is 11.1 Å². The van der Waals surface area contributed by atoms with Gasteiger partial charge in [0, 0.05) is 5.41 Å². The van der Waals surface area contributed by atoms with Crippen LogP contribution in [0.3, 0.4) is 0 Å². The van der Waals surface area contributed by atoms with Gasteiger partial charge in [-0.15, -0.1) is 0 Å². The lowest BCUT2D eigenvalue weighted by molar-refractivity contribution is -0.0505. The molecule has 0 aliphatic heterocycles. The zero-order chi connectivity index (χ0) is 15.6. The Labute approximate surface area is 130 Å². The third-order valence-corrected chi connectivity index (χ3v) is 6.72. The second-order valence-electron chi connectivity index (χ2n) is 7.69. The summed E-state index contributed by atoms with van der Waals surface area (Å²) in [5.41, 5.74) is 2.09. The number of rotatable bonds is 0. The van der Waals surface area contributed by atoms with E-state index in [1.807, 2.05) is 19.1 Å². The number of aryl methyl sites for hydroxylation is 1. The number of fused-ring (bicyclic) bond motifs is 5. The van der Waals surface area contributed by atoms with E-state index in [0.717, 1.165) is 25.7 Å². The topological polar surface area (TPSA) is 80.9 Å². The molecule has 3 aliphatic carbocycles. The zero-order valence-electron chi connectivity index (χ0n) is 12.8. The van der Waals surface area contributed by atoms with Crippen molar-refractivity contribution in [3.8, 4) is 5.75 Å². The van der Waals surface area contributed by atoms with Crippen molar-refractivity contribution in [2.45, 2.75) is 56.8 Å². The largest absolute Gasteiger partial charge is 0.508 e. The number of phenols is 1. The second kappa shape index (κ2) is 4.70. The first-order valence-corrected chi connectivity index (χ1v) is 8.29. The number of aliphatic hydroxyl groups is 3. The summed E-state index contributed by atoms with van der Waals surface area (Å²) in [6.45, 7) is 2.02. The Hall–Kier alpha value is -1.10. The lowest BCUT2D eigenvalue weighted by Gasteiger charge is -2.50. The van der Waals surface area contributed by atoms with Crippen LogP contribution >= 0.6 is 0 Å². The predicted molar refractivity (Wildman–Crippen MR) is 81.5 cm³/mol. The summed E-state index contributed by atoms with van der Waals surface area (Å²) in [4.78, 5) is 0. The summed E-state index contributed by atoms with van der Waals surface area (Å²) in [5, 5.41) is 40.7. The molecule has 0 heterocycles. The number of hydrogen-bond acceptors (Lipinski definition) is 4. The Morgan fingerprint density at radius 2 is 1.86 bits per heavy atom. The van der Waals surface area contributed by atoms with Crippen molar-refractivity contribution >= 4 is 0 Å². The summed E-state index contributed by atoms with van der Waals surface area (Å²) in [7, 11) is 0. The van der Waals surface area contributed by atoms with Gasteiger partial charge in [-0.25, -0.2) is 0 Å². The van der Waals surface area contributed by atoms with Crippen LogP contribution in [0.25, 0.3) is 0 Å². The number of aliphatic hydroxyl groups excluding tert-OH is 3. The minimum absolute atomic E-state index is 0.0572. The molecule has 0 bridgehead atoms.